The van der Waals surface area contributed by atoms with Gasteiger partial charge in [0.15, 0.2) is 0 Å². The zero-order chi connectivity index (χ0) is 94.7. The van der Waals surface area contributed by atoms with E-state index in [1.807, 2.05) is 36.4 Å². The molecular formula is C142H102. The molecule has 0 nitrogen and oxygen atoms in total. The van der Waals surface area contributed by atoms with Crippen molar-refractivity contribution in [3.63, 3.8) is 0 Å². The zero-order valence-corrected chi connectivity index (χ0v) is 79.0. The third-order valence-electron chi connectivity index (χ3n) is 28.5. The fraction of sp³-hybridized carbons (Fsp3) is 0.0282. The second kappa shape index (κ2) is 40.8. The highest BCUT2D eigenvalue weighted by atomic mass is 14.3. The lowest BCUT2D eigenvalue weighted by molar-refractivity contribution is 0.892. The van der Waals surface area contributed by atoms with E-state index in [2.05, 4.69) is 540 Å². The van der Waals surface area contributed by atoms with Gasteiger partial charge < -0.3 is 0 Å². The minimum absolute atomic E-state index is 0.509. The third kappa shape index (κ3) is 18.1. The van der Waals surface area contributed by atoms with Crippen molar-refractivity contribution < 1.29 is 0 Å². The molecule has 0 N–H and O–H groups in total. The summed E-state index contributed by atoms with van der Waals surface area (Å²) in [6, 6.07) is 191. The van der Waals surface area contributed by atoms with E-state index in [4.69, 9.17) is 0 Å². The number of rotatable bonds is 0. The van der Waals surface area contributed by atoms with Crippen LogP contribution in [0, 0.1) is 0 Å². The molecular weight excluding hydrogens is 1710 g/mol. The Bertz CT molecular complexity index is 8680. The molecule has 670 valence electrons. The Balaban J connectivity index is 0.0000000884. The third-order valence-corrected chi connectivity index (χ3v) is 28.5. The van der Waals surface area contributed by atoms with Crippen LogP contribution in [-0.4, -0.2) is 0 Å². The molecule has 32 rings (SSSR count). The van der Waals surface area contributed by atoms with Gasteiger partial charge in [-0.2, -0.15) is 0 Å². The van der Waals surface area contributed by atoms with Gasteiger partial charge in [-0.15, -0.1) is 0 Å². The number of hydrogen-bond donors (Lipinski definition) is 0. The Morgan fingerprint density at radius 2 is 0.451 bits per heavy atom. The van der Waals surface area contributed by atoms with Gasteiger partial charge in [-0.1, -0.05) is 564 Å². The van der Waals surface area contributed by atoms with E-state index in [1.54, 1.807) is 0 Å². The fourth-order valence-corrected chi connectivity index (χ4v) is 21.8. The van der Waals surface area contributed by atoms with Gasteiger partial charge in [0.25, 0.3) is 0 Å². The van der Waals surface area contributed by atoms with Gasteiger partial charge in [0, 0.05) is 5.92 Å². The van der Waals surface area contributed by atoms with Gasteiger partial charge in [0.05, 0.1) is 0 Å². The molecule has 0 radical (unpaired) electrons. The van der Waals surface area contributed by atoms with Crippen LogP contribution in [-0.2, 0) is 19.3 Å². The first-order valence-corrected chi connectivity index (χ1v) is 49.5. The highest BCUT2D eigenvalue weighted by Gasteiger charge is 2.30. The first-order chi connectivity index (χ1) is 70.5. The van der Waals surface area contributed by atoms with Crippen molar-refractivity contribution in [2.45, 2.75) is 25.2 Å². The van der Waals surface area contributed by atoms with Gasteiger partial charge in [0.2, 0.25) is 0 Å². The summed E-state index contributed by atoms with van der Waals surface area (Å²) in [6.45, 7) is 0. The summed E-state index contributed by atoms with van der Waals surface area (Å²) in [5.74, 6) is 0.509. The van der Waals surface area contributed by atoms with E-state index in [9.17, 15) is 0 Å². The van der Waals surface area contributed by atoms with E-state index in [1.165, 1.54) is 235 Å². The van der Waals surface area contributed by atoms with Gasteiger partial charge in [-0.25, -0.2) is 0 Å². The molecule has 0 bridgehead atoms. The lowest BCUT2D eigenvalue weighted by atomic mass is 9.71. The molecule has 0 spiro atoms. The molecule has 0 heteroatoms. The molecule has 0 aromatic heterocycles. The molecule has 26 aromatic rings. The molecule has 6 aliphatic carbocycles. The first kappa shape index (κ1) is 88.1. The molecule has 142 heavy (non-hydrogen) atoms. The van der Waals surface area contributed by atoms with Gasteiger partial charge >= 0.3 is 0 Å². The Labute approximate surface area is 830 Å². The smallest absolute Gasteiger partial charge is 0.0345 e. The maximum absolute atomic E-state index is 2.37. The summed E-state index contributed by atoms with van der Waals surface area (Å²) < 4.78 is 0. The van der Waals surface area contributed by atoms with Crippen LogP contribution >= 0.6 is 0 Å². The van der Waals surface area contributed by atoms with Gasteiger partial charge in [0.1, 0.15) is 0 Å². The topological polar surface area (TPSA) is 0 Å². The monoisotopic (exact) mass is 1810 g/mol. The molecule has 26 aromatic carbocycles. The molecule has 1 unspecified atom stereocenters. The van der Waals surface area contributed by atoms with E-state index in [0.29, 0.717) is 5.92 Å². The first-order valence-electron chi connectivity index (χ1n) is 49.5. The van der Waals surface area contributed by atoms with Crippen molar-refractivity contribution in [3.8, 4) is 44.5 Å². The summed E-state index contributed by atoms with van der Waals surface area (Å²) >= 11 is 0. The van der Waals surface area contributed by atoms with E-state index in [-0.39, 0.29) is 0 Å². The molecule has 0 saturated heterocycles. The van der Waals surface area contributed by atoms with Crippen LogP contribution in [0.2, 0.25) is 0 Å². The van der Waals surface area contributed by atoms with Gasteiger partial charge in [-0.05, 0) is 266 Å². The van der Waals surface area contributed by atoms with Crippen LogP contribution in [0.3, 0.4) is 0 Å². The highest BCUT2D eigenvalue weighted by Crippen LogP contribution is 2.49. The standard InChI is InChI=1S/2C18H12.C17H12.C16H12.C16H10.2C14H10.C13H10.C10H8.C6H6/c1-3-7-15-13(5-1)9-11-18-16-8-4-2-6-14(16)10-12-17(15)18;1-2-8-14-13(7-1)15-9-3-4-11-17(15)18-12-6-5-10-16(14)18;1-3-7-14-12(5-1)9-10-16-15-8-4-2-6-13(15)11-17(14)16;1-3-11-7-9-13-5-2-6-14-10-8-12(4-1)15(11)16(13)14;1-2-8-13-12(7-1)14-9-3-5-11-6-4-10-15(13)16(11)14;1-3-7-13-11(5-1)9-10-12-6-2-4-8-14(12)13;1-2-6-12-10-14-8-4-3-7-13(14)9-11(12)5-1;1-3-7-12-10(5-1)9-11-6-2-4-8-13(11)12;1-2-6-10-8-4-3-7-9(10)5-1;1-2-4-6-5-3-1/h2*1-12H;1-10H,11H2;1-9,15H,10H2;1-10H;2*1-10H;1-8H,9H2;1-8H;1-6H. The predicted octanol–water partition coefficient (Wildman–Crippen LogP) is 38.7. The molecule has 0 heterocycles. The molecule has 0 aliphatic heterocycles. The average molecular weight is 1810 g/mol. The maximum atomic E-state index is 2.37. The Hall–Kier alpha value is -17.9. The second-order valence-electron chi connectivity index (χ2n) is 36.9. The minimum Gasteiger partial charge on any atom is -0.0759 e. The number of allylic oxidation sites excluding steroid dienone is 7. The van der Waals surface area contributed by atoms with Crippen molar-refractivity contribution in [2.75, 3.05) is 0 Å². The van der Waals surface area contributed by atoms with Crippen LogP contribution in [0.25, 0.3) is 191 Å². The number of fused-ring (bicyclic) bond motifs is 28. The van der Waals surface area contributed by atoms with Crippen LogP contribution in [0.4, 0.5) is 0 Å². The second-order valence-corrected chi connectivity index (χ2v) is 36.9. The Morgan fingerprint density at radius 3 is 0.873 bits per heavy atom. The molecule has 0 amide bonds. The number of hydrogen-bond acceptors (Lipinski definition) is 0. The molecule has 0 fully saturated rings. The predicted molar refractivity (Wildman–Crippen MR) is 614 cm³/mol. The van der Waals surface area contributed by atoms with Crippen molar-refractivity contribution in [3.05, 3.63) is 620 Å². The molecule has 6 aliphatic rings. The highest BCUT2D eigenvalue weighted by molar-refractivity contribution is 6.25. The molecule has 0 saturated carbocycles. The summed E-state index contributed by atoms with van der Waals surface area (Å²) in [6.07, 6.45) is 16.8. The minimum atomic E-state index is 0.509. The van der Waals surface area contributed by atoms with Crippen molar-refractivity contribution in [1.29, 1.82) is 0 Å². The lowest BCUT2D eigenvalue weighted by Gasteiger charge is -2.32. The average Bonchev–Trinajstić information content (AvgIpc) is 1.53. The Morgan fingerprint density at radius 1 is 0.162 bits per heavy atom. The van der Waals surface area contributed by atoms with E-state index >= 15 is 0 Å². The van der Waals surface area contributed by atoms with E-state index in [0.717, 1.165) is 19.3 Å². The SMILES string of the molecule is C1=CC2=CCc3cccc4c3C2C(=C1)C=C4.c1ccc2c(c1)-c1cccc3cccc-2c13.c1ccc2c(c1)Cc1c-2ccc2ccccc12.c1ccc2c(c1)Cc1ccccc1-2.c1ccc2c(c1)c1ccccc1c1ccccc21.c1ccc2c(c1)ccc1c3ccccc3ccc21.c1ccc2c(c1)ccc1ccccc12.c1ccc2cc3ccccc3cc2c1.c1ccc2ccccc2c1.c1ccccc1. The number of benzene rings is 26. The maximum Gasteiger partial charge on any atom is 0.0345 e. The van der Waals surface area contributed by atoms with Crippen molar-refractivity contribution >= 4 is 146 Å². The van der Waals surface area contributed by atoms with Gasteiger partial charge in [-0.3, -0.25) is 0 Å². The summed E-state index contributed by atoms with van der Waals surface area (Å²) in [4.78, 5) is 0. The van der Waals surface area contributed by atoms with Crippen molar-refractivity contribution in [1.82, 2.24) is 0 Å². The van der Waals surface area contributed by atoms with Crippen LogP contribution in [0.1, 0.15) is 44.9 Å². The van der Waals surface area contributed by atoms with Crippen molar-refractivity contribution in [2.24, 2.45) is 0 Å². The van der Waals surface area contributed by atoms with Crippen LogP contribution < -0.4 is 0 Å². The van der Waals surface area contributed by atoms with Crippen LogP contribution in [0.15, 0.2) is 581 Å². The largest absolute Gasteiger partial charge is 0.0759 e. The zero-order valence-electron chi connectivity index (χ0n) is 79.0. The summed E-state index contributed by atoms with van der Waals surface area (Å²) in [5, 5.41) is 34.7. The quantitative estimate of drug-likeness (QED) is 0.105. The van der Waals surface area contributed by atoms with E-state index < -0.39 is 0 Å². The summed E-state index contributed by atoms with van der Waals surface area (Å²) in [7, 11) is 0. The van der Waals surface area contributed by atoms with Crippen LogP contribution in [0.5, 0.6) is 0 Å². The normalized spacial score (nSPS) is 12.7. The summed E-state index contributed by atoms with van der Waals surface area (Å²) in [5.41, 5.74) is 24.4. The molecule has 1 atom stereocenters. The lowest BCUT2D eigenvalue weighted by Crippen LogP contribution is -2.16. The Kier molecular flexibility index (Phi) is 25.3. The fourth-order valence-electron chi connectivity index (χ4n) is 21.8.